The van der Waals surface area contributed by atoms with Gasteiger partial charge in [0.1, 0.15) is 0 Å². The number of rotatable bonds is 3. The molecule has 3 heterocycles. The van der Waals surface area contributed by atoms with Crippen LogP contribution in [-0.4, -0.2) is 22.2 Å². The first kappa shape index (κ1) is 14.9. The molecule has 2 aromatic heterocycles. The van der Waals surface area contributed by atoms with Gasteiger partial charge in [-0.05, 0) is 50.3 Å². The smallest absolute Gasteiger partial charge is 0.252 e. The molecule has 6 heteroatoms. The minimum Gasteiger partial charge on any atom is -0.346 e. The van der Waals surface area contributed by atoms with Crippen LogP contribution < -0.4 is 10.6 Å². The number of aromatic nitrogens is 2. The molecule has 0 unspecified atom stereocenters. The first-order chi connectivity index (χ1) is 11.3. The molecule has 0 aromatic carbocycles. The molecule has 0 fully saturated rings. The Hall–Kier alpha value is -1.66. The minimum absolute atomic E-state index is 0.0470. The van der Waals surface area contributed by atoms with Gasteiger partial charge in [0.05, 0.1) is 23.5 Å². The molecule has 0 radical (unpaired) electrons. The molecule has 2 aromatic rings. The van der Waals surface area contributed by atoms with E-state index in [9.17, 15) is 4.79 Å². The number of carbonyl (C=O) groups excluding carboxylic acids is 1. The summed E-state index contributed by atoms with van der Waals surface area (Å²) in [6, 6.07) is 2.10. The SMILES string of the molecule is O=C(NCc1cc2n(n1)CCCNC2)c1csc2c1CCCC2. The number of amides is 1. The lowest BCUT2D eigenvalue weighted by atomic mass is 9.96. The lowest BCUT2D eigenvalue weighted by Gasteiger charge is -2.12. The zero-order chi connectivity index (χ0) is 15.6. The largest absolute Gasteiger partial charge is 0.346 e. The van der Waals surface area contributed by atoms with Crippen molar-refractivity contribution in [2.45, 2.75) is 51.7 Å². The summed E-state index contributed by atoms with van der Waals surface area (Å²) in [7, 11) is 0. The molecule has 0 atom stereocenters. The van der Waals surface area contributed by atoms with Crippen LogP contribution in [0, 0.1) is 0 Å². The zero-order valence-electron chi connectivity index (χ0n) is 13.2. The maximum Gasteiger partial charge on any atom is 0.252 e. The van der Waals surface area contributed by atoms with Crippen molar-refractivity contribution in [1.29, 1.82) is 0 Å². The van der Waals surface area contributed by atoms with Crippen LogP contribution in [0.15, 0.2) is 11.4 Å². The summed E-state index contributed by atoms with van der Waals surface area (Å²) in [5.74, 6) is 0.0470. The molecule has 5 nitrogen and oxygen atoms in total. The second-order valence-corrected chi connectivity index (χ2v) is 7.29. The molecular weight excluding hydrogens is 308 g/mol. The van der Waals surface area contributed by atoms with Crippen molar-refractivity contribution in [2.24, 2.45) is 0 Å². The highest BCUT2D eigenvalue weighted by Gasteiger charge is 2.20. The van der Waals surface area contributed by atoms with Crippen molar-refractivity contribution in [3.63, 3.8) is 0 Å². The summed E-state index contributed by atoms with van der Waals surface area (Å²) in [6.45, 7) is 3.36. The van der Waals surface area contributed by atoms with E-state index < -0.39 is 0 Å². The fraction of sp³-hybridized carbons (Fsp3) is 0.529. The standard InChI is InChI=1S/C17H22N4OS/c22-17(15-11-23-16-5-2-1-4-14(15)16)19-9-12-8-13-10-18-6-3-7-21(13)20-12/h8,11,18H,1-7,9-10H2,(H,19,22). The second kappa shape index (κ2) is 6.45. The van der Waals surface area contributed by atoms with E-state index in [-0.39, 0.29) is 5.91 Å². The predicted molar refractivity (Wildman–Crippen MR) is 90.7 cm³/mol. The molecule has 0 saturated carbocycles. The molecule has 2 N–H and O–H groups in total. The Labute approximate surface area is 140 Å². The van der Waals surface area contributed by atoms with E-state index in [1.165, 1.54) is 29.0 Å². The number of nitrogens with one attached hydrogen (secondary N) is 2. The van der Waals surface area contributed by atoms with Crippen LogP contribution in [0.3, 0.4) is 0 Å². The fourth-order valence-corrected chi connectivity index (χ4v) is 4.58. The third kappa shape index (κ3) is 3.05. The topological polar surface area (TPSA) is 59.0 Å². The molecular formula is C17H22N4OS. The Bertz CT molecular complexity index is 695. The van der Waals surface area contributed by atoms with Crippen molar-refractivity contribution < 1.29 is 4.79 Å². The molecule has 23 heavy (non-hydrogen) atoms. The Kier molecular flexibility index (Phi) is 4.18. The van der Waals surface area contributed by atoms with Crippen LogP contribution in [0.4, 0.5) is 0 Å². The molecule has 1 aliphatic heterocycles. The van der Waals surface area contributed by atoms with Crippen LogP contribution in [-0.2, 0) is 32.5 Å². The number of fused-ring (bicyclic) bond motifs is 2. The Morgan fingerprint density at radius 3 is 3.22 bits per heavy atom. The molecule has 122 valence electrons. The molecule has 1 aliphatic carbocycles. The van der Waals surface area contributed by atoms with Crippen molar-refractivity contribution >= 4 is 17.2 Å². The molecule has 4 rings (SSSR count). The average Bonchev–Trinajstić information content (AvgIpc) is 3.11. The third-order valence-electron chi connectivity index (χ3n) is 4.68. The molecule has 2 aliphatic rings. The Morgan fingerprint density at radius 2 is 2.26 bits per heavy atom. The third-order valence-corrected chi connectivity index (χ3v) is 5.77. The fourth-order valence-electron chi connectivity index (χ4n) is 3.46. The van der Waals surface area contributed by atoms with E-state index in [1.807, 2.05) is 5.38 Å². The van der Waals surface area contributed by atoms with Gasteiger partial charge in [-0.15, -0.1) is 11.3 Å². The monoisotopic (exact) mass is 330 g/mol. The van der Waals surface area contributed by atoms with E-state index in [0.29, 0.717) is 6.54 Å². The number of aryl methyl sites for hydroxylation is 2. The number of nitrogens with zero attached hydrogens (tertiary/aromatic N) is 2. The summed E-state index contributed by atoms with van der Waals surface area (Å²) in [6.07, 6.45) is 5.73. The van der Waals surface area contributed by atoms with Gasteiger partial charge in [-0.3, -0.25) is 9.48 Å². The lowest BCUT2D eigenvalue weighted by molar-refractivity contribution is 0.0949. The van der Waals surface area contributed by atoms with Crippen molar-refractivity contribution in [1.82, 2.24) is 20.4 Å². The number of carbonyl (C=O) groups is 1. The summed E-state index contributed by atoms with van der Waals surface area (Å²) in [5.41, 5.74) is 4.32. The molecule has 0 bridgehead atoms. The highest BCUT2D eigenvalue weighted by Crippen LogP contribution is 2.30. The first-order valence-corrected chi connectivity index (χ1v) is 9.33. The van der Waals surface area contributed by atoms with Gasteiger partial charge in [-0.1, -0.05) is 0 Å². The maximum absolute atomic E-state index is 12.5. The van der Waals surface area contributed by atoms with Crippen molar-refractivity contribution in [3.8, 4) is 0 Å². The van der Waals surface area contributed by atoms with Crippen molar-refractivity contribution in [3.05, 3.63) is 38.8 Å². The van der Waals surface area contributed by atoms with E-state index in [1.54, 1.807) is 11.3 Å². The first-order valence-electron chi connectivity index (χ1n) is 8.45. The number of hydrogen-bond donors (Lipinski definition) is 2. The summed E-state index contributed by atoms with van der Waals surface area (Å²) < 4.78 is 2.06. The Morgan fingerprint density at radius 1 is 1.35 bits per heavy atom. The van der Waals surface area contributed by atoms with Gasteiger partial charge in [-0.25, -0.2) is 0 Å². The van der Waals surface area contributed by atoms with Crippen LogP contribution in [0.25, 0.3) is 0 Å². The molecule has 0 spiro atoms. The van der Waals surface area contributed by atoms with E-state index in [2.05, 4.69) is 26.5 Å². The van der Waals surface area contributed by atoms with Gasteiger partial charge in [-0.2, -0.15) is 5.10 Å². The molecule has 1 amide bonds. The minimum atomic E-state index is 0.0470. The number of thiophene rings is 1. The summed E-state index contributed by atoms with van der Waals surface area (Å²) >= 11 is 1.74. The average molecular weight is 330 g/mol. The summed E-state index contributed by atoms with van der Waals surface area (Å²) in [4.78, 5) is 13.9. The van der Waals surface area contributed by atoms with Gasteiger partial charge in [0.2, 0.25) is 0 Å². The van der Waals surface area contributed by atoms with Crippen LogP contribution in [0.5, 0.6) is 0 Å². The second-order valence-electron chi connectivity index (χ2n) is 6.32. The highest BCUT2D eigenvalue weighted by molar-refractivity contribution is 7.10. The van der Waals surface area contributed by atoms with E-state index in [0.717, 1.165) is 50.2 Å². The van der Waals surface area contributed by atoms with Crippen LogP contribution >= 0.6 is 11.3 Å². The Balaban J connectivity index is 1.43. The van der Waals surface area contributed by atoms with Crippen LogP contribution in [0.2, 0.25) is 0 Å². The lowest BCUT2D eigenvalue weighted by Crippen LogP contribution is -2.24. The van der Waals surface area contributed by atoms with Crippen molar-refractivity contribution in [2.75, 3.05) is 6.54 Å². The molecule has 0 saturated heterocycles. The predicted octanol–water partition coefficient (Wildman–Crippen LogP) is 2.25. The zero-order valence-corrected chi connectivity index (χ0v) is 14.0. The summed E-state index contributed by atoms with van der Waals surface area (Å²) in [5, 5.41) is 13.1. The van der Waals surface area contributed by atoms with Gasteiger partial charge < -0.3 is 10.6 Å². The van der Waals surface area contributed by atoms with Gasteiger partial charge in [0, 0.05) is 23.3 Å². The van der Waals surface area contributed by atoms with E-state index >= 15 is 0 Å². The van der Waals surface area contributed by atoms with Crippen LogP contribution in [0.1, 0.15) is 51.4 Å². The maximum atomic E-state index is 12.5. The van der Waals surface area contributed by atoms with Gasteiger partial charge in [0.25, 0.3) is 5.91 Å². The number of hydrogen-bond acceptors (Lipinski definition) is 4. The normalized spacial score (nSPS) is 17.2. The highest BCUT2D eigenvalue weighted by atomic mass is 32.1. The van der Waals surface area contributed by atoms with Gasteiger partial charge >= 0.3 is 0 Å². The quantitative estimate of drug-likeness (QED) is 0.907. The van der Waals surface area contributed by atoms with Gasteiger partial charge in [0.15, 0.2) is 0 Å². The van der Waals surface area contributed by atoms with E-state index in [4.69, 9.17) is 0 Å².